The van der Waals surface area contributed by atoms with E-state index in [2.05, 4.69) is 4.98 Å². The van der Waals surface area contributed by atoms with E-state index in [0.29, 0.717) is 19.6 Å². The summed E-state index contributed by atoms with van der Waals surface area (Å²) in [4.78, 5) is 17.5. The summed E-state index contributed by atoms with van der Waals surface area (Å²) < 4.78 is 34.1. The third-order valence-electron chi connectivity index (χ3n) is 4.48. The van der Waals surface area contributed by atoms with Gasteiger partial charge in [0.1, 0.15) is 11.0 Å². The molecule has 116 valence electrons. The monoisotopic (exact) mass is 314 g/mol. The number of likely N-dealkylation sites (tertiary alicyclic amines) is 1. The summed E-state index contributed by atoms with van der Waals surface area (Å²) in [6, 6.07) is 0. The van der Waals surface area contributed by atoms with E-state index in [-0.39, 0.29) is 36.4 Å². The largest absolute Gasteiger partial charge is 0.451 e. The minimum Gasteiger partial charge on any atom is -0.451 e. The predicted octanol–water partition coefficient (Wildman–Crippen LogP) is 0.340. The standard InChI is InChI=1S/C13H18N2O5S/c1-2-19-5-10-3-4-21(17,18)13(10)7-15(8-13)12(16)11-6-20-9-14-11/h6,9-10H,2-5,7-8H2,1H3/t10-/m1/s1. The van der Waals surface area contributed by atoms with Gasteiger partial charge in [0, 0.05) is 25.6 Å². The molecule has 7 nitrogen and oxygen atoms in total. The van der Waals surface area contributed by atoms with Gasteiger partial charge in [-0.2, -0.15) is 0 Å². The van der Waals surface area contributed by atoms with Crippen LogP contribution in [0.5, 0.6) is 0 Å². The minimum absolute atomic E-state index is 0.0381. The maximum Gasteiger partial charge on any atom is 0.275 e. The highest BCUT2D eigenvalue weighted by atomic mass is 32.2. The fourth-order valence-corrected chi connectivity index (χ4v) is 5.59. The molecule has 2 saturated heterocycles. The van der Waals surface area contributed by atoms with E-state index >= 15 is 0 Å². The smallest absolute Gasteiger partial charge is 0.275 e. The van der Waals surface area contributed by atoms with E-state index in [1.807, 2.05) is 6.92 Å². The second-order valence-corrected chi connectivity index (χ2v) is 8.01. The minimum atomic E-state index is -3.18. The van der Waals surface area contributed by atoms with Crippen molar-refractivity contribution in [3.63, 3.8) is 0 Å². The first-order valence-corrected chi connectivity index (χ1v) is 8.63. The van der Waals surface area contributed by atoms with E-state index in [9.17, 15) is 13.2 Å². The molecular formula is C13H18N2O5S. The second-order valence-electron chi connectivity index (χ2n) is 5.56. The van der Waals surface area contributed by atoms with Crippen LogP contribution >= 0.6 is 0 Å². The first kappa shape index (κ1) is 14.5. The summed E-state index contributed by atoms with van der Waals surface area (Å²) >= 11 is 0. The third kappa shape index (κ3) is 2.17. The normalized spacial score (nSPS) is 26.0. The molecule has 1 aromatic heterocycles. The molecule has 0 aromatic carbocycles. The lowest BCUT2D eigenvalue weighted by molar-refractivity contribution is 0.0267. The molecule has 1 aromatic rings. The van der Waals surface area contributed by atoms with E-state index in [1.54, 1.807) is 0 Å². The number of carbonyl (C=O) groups is 1. The summed E-state index contributed by atoms with van der Waals surface area (Å²) in [5, 5.41) is 0. The number of oxazole rings is 1. The lowest BCUT2D eigenvalue weighted by Crippen LogP contribution is -2.68. The van der Waals surface area contributed by atoms with Crippen LogP contribution in [0.3, 0.4) is 0 Å². The zero-order chi connectivity index (χ0) is 15.1. The van der Waals surface area contributed by atoms with Crippen LogP contribution in [0.25, 0.3) is 0 Å². The van der Waals surface area contributed by atoms with Crippen molar-refractivity contribution in [1.82, 2.24) is 9.88 Å². The van der Waals surface area contributed by atoms with E-state index in [1.165, 1.54) is 17.6 Å². The van der Waals surface area contributed by atoms with Crippen molar-refractivity contribution >= 4 is 15.7 Å². The lowest BCUT2D eigenvalue weighted by atomic mass is 9.83. The Morgan fingerprint density at radius 3 is 2.95 bits per heavy atom. The van der Waals surface area contributed by atoms with Crippen LogP contribution < -0.4 is 0 Å². The van der Waals surface area contributed by atoms with Crippen LogP contribution in [0.1, 0.15) is 23.8 Å². The van der Waals surface area contributed by atoms with Gasteiger partial charge in [0.15, 0.2) is 21.9 Å². The lowest BCUT2D eigenvalue weighted by Gasteiger charge is -2.49. The Hall–Kier alpha value is -1.41. The molecule has 0 aliphatic carbocycles. The number of hydrogen-bond acceptors (Lipinski definition) is 6. The summed E-state index contributed by atoms with van der Waals surface area (Å²) in [7, 11) is -3.18. The average molecular weight is 314 g/mol. The maximum absolute atomic E-state index is 12.4. The van der Waals surface area contributed by atoms with Crippen LogP contribution in [-0.2, 0) is 14.6 Å². The quantitative estimate of drug-likeness (QED) is 0.796. The van der Waals surface area contributed by atoms with Gasteiger partial charge in [0.25, 0.3) is 5.91 Å². The SMILES string of the molecule is CCOC[C@H]1CCS(=O)(=O)C12CN(C(=O)c1cocn1)C2. The summed E-state index contributed by atoms with van der Waals surface area (Å²) in [6.45, 7) is 3.32. The highest BCUT2D eigenvalue weighted by Crippen LogP contribution is 2.45. The second kappa shape index (κ2) is 5.10. The van der Waals surface area contributed by atoms with Crippen molar-refractivity contribution in [2.24, 2.45) is 5.92 Å². The Bertz CT molecular complexity index is 619. The third-order valence-corrected chi connectivity index (χ3v) is 7.08. The summed E-state index contributed by atoms with van der Waals surface area (Å²) in [6.07, 6.45) is 3.06. The van der Waals surface area contributed by atoms with E-state index < -0.39 is 14.6 Å². The van der Waals surface area contributed by atoms with Crippen molar-refractivity contribution in [2.75, 3.05) is 32.1 Å². The zero-order valence-electron chi connectivity index (χ0n) is 11.8. The number of rotatable bonds is 4. The Labute approximate surface area is 123 Å². The highest BCUT2D eigenvalue weighted by molar-refractivity contribution is 7.93. The average Bonchev–Trinajstić information content (AvgIpc) is 3.00. The van der Waals surface area contributed by atoms with Crippen LogP contribution in [0.15, 0.2) is 17.1 Å². The molecule has 1 spiro atoms. The molecule has 0 N–H and O–H groups in total. The van der Waals surface area contributed by atoms with Gasteiger partial charge >= 0.3 is 0 Å². The molecule has 2 aliphatic heterocycles. The van der Waals surface area contributed by atoms with Gasteiger partial charge in [-0.25, -0.2) is 13.4 Å². The molecule has 21 heavy (non-hydrogen) atoms. The van der Waals surface area contributed by atoms with Crippen LogP contribution in [-0.4, -0.2) is 61.0 Å². The number of nitrogens with zero attached hydrogens (tertiary/aromatic N) is 2. The fourth-order valence-electron chi connectivity index (χ4n) is 3.19. The van der Waals surface area contributed by atoms with Crippen molar-refractivity contribution in [1.29, 1.82) is 0 Å². The molecule has 8 heteroatoms. The Balaban J connectivity index is 1.74. The molecule has 2 fully saturated rings. The first-order chi connectivity index (χ1) is 10.00. The van der Waals surface area contributed by atoms with Crippen LogP contribution in [0, 0.1) is 5.92 Å². The predicted molar refractivity (Wildman–Crippen MR) is 73.5 cm³/mol. The highest BCUT2D eigenvalue weighted by Gasteiger charge is 2.62. The molecule has 0 radical (unpaired) electrons. The molecule has 0 bridgehead atoms. The van der Waals surface area contributed by atoms with E-state index in [4.69, 9.17) is 9.15 Å². The Kier molecular flexibility index (Phi) is 3.53. The van der Waals surface area contributed by atoms with Crippen molar-refractivity contribution < 1.29 is 22.4 Å². The summed E-state index contributed by atoms with van der Waals surface area (Å²) in [5.41, 5.74) is 0.210. The number of hydrogen-bond donors (Lipinski definition) is 0. The Morgan fingerprint density at radius 2 is 2.33 bits per heavy atom. The number of ether oxygens (including phenoxy) is 1. The van der Waals surface area contributed by atoms with Gasteiger partial charge in [0.05, 0.1) is 12.4 Å². The van der Waals surface area contributed by atoms with Gasteiger partial charge in [-0.05, 0) is 13.3 Å². The first-order valence-electron chi connectivity index (χ1n) is 6.97. The summed E-state index contributed by atoms with van der Waals surface area (Å²) in [5.74, 6) is -0.146. The van der Waals surface area contributed by atoms with Crippen LogP contribution in [0.4, 0.5) is 0 Å². The number of sulfone groups is 1. The van der Waals surface area contributed by atoms with Crippen molar-refractivity contribution in [3.05, 3.63) is 18.4 Å². The molecule has 0 saturated carbocycles. The van der Waals surface area contributed by atoms with Crippen molar-refractivity contribution in [3.8, 4) is 0 Å². The van der Waals surface area contributed by atoms with Crippen LogP contribution in [0.2, 0.25) is 0 Å². The van der Waals surface area contributed by atoms with Gasteiger partial charge in [0.2, 0.25) is 0 Å². The topological polar surface area (TPSA) is 89.7 Å². The molecule has 3 heterocycles. The van der Waals surface area contributed by atoms with Gasteiger partial charge in [-0.15, -0.1) is 0 Å². The molecule has 1 amide bonds. The zero-order valence-corrected chi connectivity index (χ0v) is 12.6. The number of aromatic nitrogens is 1. The number of amides is 1. The van der Waals surface area contributed by atoms with Crippen molar-refractivity contribution in [2.45, 2.75) is 18.1 Å². The maximum atomic E-state index is 12.4. The van der Waals surface area contributed by atoms with E-state index in [0.717, 1.165) is 0 Å². The molecule has 2 aliphatic rings. The Morgan fingerprint density at radius 1 is 1.57 bits per heavy atom. The van der Waals surface area contributed by atoms with Gasteiger partial charge in [-0.3, -0.25) is 4.79 Å². The molecule has 3 rings (SSSR count). The van der Waals surface area contributed by atoms with Gasteiger partial charge < -0.3 is 14.1 Å². The molecule has 1 atom stereocenters. The number of carbonyl (C=O) groups excluding carboxylic acids is 1. The fraction of sp³-hybridized carbons (Fsp3) is 0.692. The van der Waals surface area contributed by atoms with Gasteiger partial charge in [-0.1, -0.05) is 0 Å². The molecular weight excluding hydrogens is 296 g/mol. The molecule has 0 unspecified atom stereocenters.